The zero-order chi connectivity index (χ0) is 29.8. The van der Waals surface area contributed by atoms with Gasteiger partial charge in [-0.25, -0.2) is 0 Å². The fourth-order valence-corrected chi connectivity index (χ4v) is 4.16. The Kier molecular flexibility index (Phi) is 44.0. The van der Waals surface area contributed by atoms with E-state index in [1.54, 1.807) is 0 Å². The second kappa shape index (κ2) is 40.8. The van der Waals surface area contributed by atoms with Crippen LogP contribution in [0, 0.1) is 0 Å². The summed E-state index contributed by atoms with van der Waals surface area (Å²) in [7, 11) is 0. The molecule has 5 heteroatoms. The van der Waals surface area contributed by atoms with E-state index >= 15 is 0 Å². The first kappa shape index (κ1) is 44.1. The summed E-state index contributed by atoms with van der Waals surface area (Å²) in [5.74, 6) is -1.84. The first-order valence-corrected chi connectivity index (χ1v) is 16.5. The van der Waals surface area contributed by atoms with Gasteiger partial charge in [0.15, 0.2) is 0 Å². The predicted octanol–water partition coefficient (Wildman–Crippen LogP) is 8.72. The van der Waals surface area contributed by atoms with Gasteiger partial charge in [-0.1, -0.05) is 127 Å². The minimum absolute atomic E-state index is 0. The quantitative estimate of drug-likeness (QED) is 0.0472. The molecule has 0 aliphatic rings. The smallest absolute Gasteiger partial charge is 0.550 e. The molecule has 0 rings (SSSR count). The van der Waals surface area contributed by atoms with E-state index in [0.717, 1.165) is 64.2 Å². The number of hydrogen-bond donors (Lipinski definition) is 0. The standard InChI is InChI=1S/2C18H32O2.Sn/c2*1-2-3-4-5-6-7-8-9-10-11-12-13-14-15-16-17-18(19)20;/h2*6-7,9-10H,2-5,8,11-17H2,1H3,(H,19,20);/q;;+4/p-2/b2*7-6-,10-9-;. The Labute approximate surface area is 271 Å². The molecule has 0 heterocycles. The molecule has 232 valence electrons. The molecule has 0 saturated carbocycles. The summed E-state index contributed by atoms with van der Waals surface area (Å²) in [5.41, 5.74) is 0. The Hall–Kier alpha value is -1.30. The number of carbonyl (C=O) groups excluding carboxylic acids is 2. The number of unbranched alkanes of at least 4 members (excludes halogenated alkanes) is 16. The normalized spacial score (nSPS) is 11.4. The van der Waals surface area contributed by atoms with Crippen LogP contribution in [-0.4, -0.2) is 35.8 Å². The summed E-state index contributed by atoms with van der Waals surface area (Å²) in [6, 6.07) is 0. The van der Waals surface area contributed by atoms with Crippen LogP contribution in [0.5, 0.6) is 0 Å². The second-order valence-electron chi connectivity index (χ2n) is 10.7. The van der Waals surface area contributed by atoms with Crippen molar-refractivity contribution in [2.45, 2.75) is 168 Å². The van der Waals surface area contributed by atoms with Crippen molar-refractivity contribution in [2.75, 3.05) is 0 Å². The van der Waals surface area contributed by atoms with Gasteiger partial charge in [0.05, 0.1) is 0 Å². The van der Waals surface area contributed by atoms with Crippen molar-refractivity contribution in [3.8, 4) is 0 Å². The monoisotopic (exact) mass is 678 g/mol. The van der Waals surface area contributed by atoms with Gasteiger partial charge in [-0.3, -0.25) is 0 Å². The van der Waals surface area contributed by atoms with Gasteiger partial charge < -0.3 is 19.8 Å². The predicted molar refractivity (Wildman–Crippen MR) is 174 cm³/mol. The maximum Gasteiger partial charge on any atom is 4.00 e. The van der Waals surface area contributed by atoms with Crippen LogP contribution in [0.15, 0.2) is 48.6 Å². The molecule has 0 bridgehead atoms. The third kappa shape index (κ3) is 48.7. The molecule has 0 aromatic heterocycles. The molecular weight excluding hydrogens is 615 g/mol. The number of carboxylic acid groups (broad SMARTS) is 2. The Morgan fingerprint density at radius 2 is 0.683 bits per heavy atom. The molecule has 0 radical (unpaired) electrons. The van der Waals surface area contributed by atoms with E-state index in [9.17, 15) is 19.8 Å². The summed E-state index contributed by atoms with van der Waals surface area (Å²) < 4.78 is 0. The van der Waals surface area contributed by atoms with E-state index in [1.165, 1.54) is 77.0 Å². The molecule has 0 spiro atoms. The van der Waals surface area contributed by atoms with Crippen LogP contribution in [0.25, 0.3) is 0 Å². The van der Waals surface area contributed by atoms with Gasteiger partial charge in [0.1, 0.15) is 0 Å². The molecular formula is C36H62O4Sn+2. The van der Waals surface area contributed by atoms with Gasteiger partial charge >= 0.3 is 23.9 Å². The first-order chi connectivity index (χ1) is 19.5. The third-order valence-electron chi connectivity index (χ3n) is 6.66. The summed E-state index contributed by atoms with van der Waals surface area (Å²) in [5, 5.41) is 20.4. The van der Waals surface area contributed by atoms with E-state index in [2.05, 4.69) is 62.5 Å². The van der Waals surface area contributed by atoms with E-state index in [0.29, 0.717) is 0 Å². The SMILES string of the molecule is CCCCC/C=C\C/C=C\CCCCCCCC(=O)[O-].CCCCC/C=C\C/C=C\CCCCCCCC(=O)[O-].[Sn+4]. The topological polar surface area (TPSA) is 80.3 Å². The van der Waals surface area contributed by atoms with E-state index in [4.69, 9.17) is 0 Å². The maximum atomic E-state index is 10.2. The molecule has 0 saturated heterocycles. The Morgan fingerprint density at radius 3 is 0.976 bits per heavy atom. The molecule has 0 aromatic carbocycles. The maximum absolute atomic E-state index is 10.2. The average molecular weight is 678 g/mol. The number of carbonyl (C=O) groups is 2. The summed E-state index contributed by atoms with van der Waals surface area (Å²) >= 11 is 0. The van der Waals surface area contributed by atoms with Crippen molar-refractivity contribution in [2.24, 2.45) is 0 Å². The number of allylic oxidation sites excluding steroid dienone is 8. The van der Waals surface area contributed by atoms with Gasteiger partial charge in [0, 0.05) is 11.9 Å². The van der Waals surface area contributed by atoms with Crippen LogP contribution in [0.2, 0.25) is 0 Å². The molecule has 0 fully saturated rings. The van der Waals surface area contributed by atoms with Gasteiger partial charge in [0.25, 0.3) is 0 Å². The van der Waals surface area contributed by atoms with E-state index < -0.39 is 11.9 Å². The van der Waals surface area contributed by atoms with Crippen LogP contribution >= 0.6 is 0 Å². The van der Waals surface area contributed by atoms with Crippen LogP contribution in [0.4, 0.5) is 0 Å². The Morgan fingerprint density at radius 1 is 0.415 bits per heavy atom. The fourth-order valence-electron chi connectivity index (χ4n) is 4.16. The Bertz CT molecular complexity index is 596. The van der Waals surface area contributed by atoms with Crippen LogP contribution in [0.3, 0.4) is 0 Å². The van der Waals surface area contributed by atoms with Crippen LogP contribution in [-0.2, 0) is 9.59 Å². The number of carboxylic acids is 2. The number of hydrogen-bond acceptors (Lipinski definition) is 4. The number of rotatable bonds is 28. The van der Waals surface area contributed by atoms with E-state index in [1.807, 2.05) is 0 Å². The van der Waals surface area contributed by atoms with Crippen molar-refractivity contribution < 1.29 is 19.8 Å². The minimum Gasteiger partial charge on any atom is -0.550 e. The largest absolute Gasteiger partial charge is 4.00 e. The number of aliphatic carboxylic acids is 2. The summed E-state index contributed by atoms with van der Waals surface area (Å²) in [6.07, 6.45) is 43.9. The summed E-state index contributed by atoms with van der Waals surface area (Å²) in [4.78, 5) is 20.4. The zero-order valence-corrected chi connectivity index (χ0v) is 29.6. The van der Waals surface area contributed by atoms with Crippen molar-refractivity contribution in [3.63, 3.8) is 0 Å². The van der Waals surface area contributed by atoms with Gasteiger partial charge in [-0.05, 0) is 89.9 Å². The van der Waals surface area contributed by atoms with Crippen molar-refractivity contribution in [3.05, 3.63) is 48.6 Å². The van der Waals surface area contributed by atoms with Gasteiger partial charge in [0.2, 0.25) is 0 Å². The third-order valence-corrected chi connectivity index (χ3v) is 6.66. The van der Waals surface area contributed by atoms with Gasteiger partial charge in [-0.15, -0.1) is 0 Å². The molecule has 0 N–H and O–H groups in total. The van der Waals surface area contributed by atoms with Crippen molar-refractivity contribution in [1.29, 1.82) is 0 Å². The molecule has 0 atom stereocenters. The fraction of sp³-hybridized carbons (Fsp3) is 0.722. The molecule has 0 unspecified atom stereocenters. The molecule has 0 aliphatic heterocycles. The molecule has 0 aliphatic carbocycles. The van der Waals surface area contributed by atoms with E-state index in [-0.39, 0.29) is 36.7 Å². The van der Waals surface area contributed by atoms with Crippen LogP contribution in [0.1, 0.15) is 168 Å². The Balaban J connectivity index is -0.000000688. The van der Waals surface area contributed by atoms with Crippen LogP contribution < -0.4 is 10.2 Å². The molecule has 4 nitrogen and oxygen atoms in total. The van der Waals surface area contributed by atoms with Crippen molar-refractivity contribution in [1.82, 2.24) is 0 Å². The first-order valence-electron chi connectivity index (χ1n) is 16.5. The average Bonchev–Trinajstić information content (AvgIpc) is 2.93. The molecule has 41 heavy (non-hydrogen) atoms. The zero-order valence-electron chi connectivity index (χ0n) is 26.7. The minimum atomic E-state index is -0.921. The molecule has 0 amide bonds. The van der Waals surface area contributed by atoms with Gasteiger partial charge in [-0.2, -0.15) is 0 Å². The second-order valence-corrected chi connectivity index (χ2v) is 10.7. The van der Waals surface area contributed by atoms with Crippen molar-refractivity contribution >= 4 is 35.8 Å². The summed E-state index contributed by atoms with van der Waals surface area (Å²) in [6.45, 7) is 4.46. The molecule has 0 aromatic rings.